The summed E-state index contributed by atoms with van der Waals surface area (Å²) in [7, 11) is 0. The first-order valence-corrected chi connectivity index (χ1v) is 7.53. The number of carbonyl (C=O) groups is 2. The van der Waals surface area contributed by atoms with E-state index in [-0.39, 0.29) is 5.92 Å². The standard InChI is InChI=1S/C14H21NO4S/c1-5-10-7-11(13(16)18-6-2)12(20-10)15-14(17)19-8-9(3)4/h7,9H,5-6,8H2,1-4H3,(H,15,17). The van der Waals surface area contributed by atoms with Gasteiger partial charge in [0.05, 0.1) is 18.8 Å². The molecule has 0 aliphatic heterocycles. The molecule has 0 radical (unpaired) electrons. The van der Waals surface area contributed by atoms with Crippen molar-refractivity contribution in [2.45, 2.75) is 34.1 Å². The monoisotopic (exact) mass is 299 g/mol. The fraction of sp³-hybridized carbons (Fsp3) is 0.571. The predicted octanol–water partition coefficient (Wildman–Crippen LogP) is 3.69. The third-order valence-corrected chi connectivity index (χ3v) is 3.59. The number of ether oxygens (including phenoxy) is 2. The van der Waals surface area contributed by atoms with E-state index in [2.05, 4.69) is 5.32 Å². The summed E-state index contributed by atoms with van der Waals surface area (Å²) >= 11 is 1.36. The third-order valence-electron chi connectivity index (χ3n) is 2.39. The van der Waals surface area contributed by atoms with Gasteiger partial charge in [-0.15, -0.1) is 11.3 Å². The lowest BCUT2D eigenvalue weighted by Gasteiger charge is -2.08. The summed E-state index contributed by atoms with van der Waals surface area (Å²) in [6.45, 7) is 8.28. The van der Waals surface area contributed by atoms with Gasteiger partial charge < -0.3 is 9.47 Å². The van der Waals surface area contributed by atoms with E-state index in [1.54, 1.807) is 13.0 Å². The van der Waals surface area contributed by atoms with Crippen molar-refractivity contribution in [2.24, 2.45) is 5.92 Å². The Hall–Kier alpha value is -1.56. The minimum absolute atomic E-state index is 0.264. The highest BCUT2D eigenvalue weighted by atomic mass is 32.1. The number of esters is 1. The smallest absolute Gasteiger partial charge is 0.412 e. The van der Waals surface area contributed by atoms with Crippen molar-refractivity contribution in [3.8, 4) is 0 Å². The molecule has 1 aromatic heterocycles. The van der Waals surface area contributed by atoms with Crippen LogP contribution in [0.15, 0.2) is 6.07 Å². The number of nitrogens with one attached hydrogen (secondary N) is 1. The zero-order valence-corrected chi connectivity index (χ0v) is 13.1. The maximum atomic E-state index is 11.8. The van der Waals surface area contributed by atoms with Gasteiger partial charge in [0.25, 0.3) is 0 Å². The first kappa shape index (κ1) is 16.5. The molecule has 0 unspecified atom stereocenters. The molecular formula is C14H21NO4S. The zero-order chi connectivity index (χ0) is 15.1. The molecule has 0 spiro atoms. The number of carbonyl (C=O) groups excluding carboxylic acids is 2. The number of anilines is 1. The van der Waals surface area contributed by atoms with Gasteiger partial charge in [-0.25, -0.2) is 9.59 Å². The number of thiophene rings is 1. The van der Waals surface area contributed by atoms with E-state index in [1.807, 2.05) is 20.8 Å². The quantitative estimate of drug-likeness (QED) is 0.814. The molecule has 0 aliphatic rings. The predicted molar refractivity (Wildman–Crippen MR) is 79.5 cm³/mol. The highest BCUT2D eigenvalue weighted by molar-refractivity contribution is 7.16. The molecular weight excluding hydrogens is 278 g/mol. The molecule has 1 rings (SSSR count). The van der Waals surface area contributed by atoms with Crippen LogP contribution in [0.3, 0.4) is 0 Å². The lowest BCUT2D eigenvalue weighted by atomic mass is 10.2. The van der Waals surface area contributed by atoms with Gasteiger partial charge in [-0.3, -0.25) is 5.32 Å². The molecule has 0 saturated carbocycles. The number of amides is 1. The topological polar surface area (TPSA) is 64.6 Å². The molecule has 1 heterocycles. The van der Waals surface area contributed by atoms with Crippen LogP contribution in [0.25, 0.3) is 0 Å². The Labute approximate surface area is 123 Å². The highest BCUT2D eigenvalue weighted by Crippen LogP contribution is 2.29. The summed E-state index contributed by atoms with van der Waals surface area (Å²) in [5.41, 5.74) is 0.384. The van der Waals surface area contributed by atoms with Crippen molar-refractivity contribution >= 4 is 28.4 Å². The average molecular weight is 299 g/mol. The van der Waals surface area contributed by atoms with Gasteiger partial charge in [-0.2, -0.15) is 0 Å². The summed E-state index contributed by atoms with van der Waals surface area (Å²) in [5, 5.41) is 3.10. The van der Waals surface area contributed by atoms with E-state index in [4.69, 9.17) is 9.47 Å². The molecule has 0 fully saturated rings. The Bertz CT molecular complexity index is 468. The molecule has 1 aromatic rings. The lowest BCUT2D eigenvalue weighted by Crippen LogP contribution is -2.17. The minimum atomic E-state index is -0.547. The second kappa shape index (κ2) is 7.89. The van der Waals surface area contributed by atoms with Gasteiger partial charge in [0.1, 0.15) is 5.00 Å². The highest BCUT2D eigenvalue weighted by Gasteiger charge is 2.19. The van der Waals surface area contributed by atoms with Crippen molar-refractivity contribution in [3.05, 3.63) is 16.5 Å². The molecule has 1 amide bonds. The molecule has 0 aromatic carbocycles. The second-order valence-electron chi connectivity index (χ2n) is 4.65. The normalized spacial score (nSPS) is 10.4. The van der Waals surface area contributed by atoms with Crippen molar-refractivity contribution in [1.29, 1.82) is 0 Å². The van der Waals surface area contributed by atoms with E-state index in [0.717, 1.165) is 11.3 Å². The van der Waals surface area contributed by atoms with Crippen molar-refractivity contribution in [3.63, 3.8) is 0 Å². The first-order chi connectivity index (χ1) is 9.47. The Balaban J connectivity index is 2.79. The Morgan fingerprint density at radius 2 is 2.00 bits per heavy atom. The first-order valence-electron chi connectivity index (χ1n) is 6.71. The van der Waals surface area contributed by atoms with E-state index in [1.165, 1.54) is 11.3 Å². The number of aryl methyl sites for hydroxylation is 1. The number of rotatable bonds is 6. The van der Waals surface area contributed by atoms with Gasteiger partial charge in [0, 0.05) is 4.88 Å². The number of hydrogen-bond acceptors (Lipinski definition) is 5. The second-order valence-corrected chi connectivity index (χ2v) is 5.78. The molecule has 112 valence electrons. The van der Waals surface area contributed by atoms with E-state index in [9.17, 15) is 9.59 Å². The van der Waals surface area contributed by atoms with Crippen molar-refractivity contribution in [1.82, 2.24) is 0 Å². The van der Waals surface area contributed by atoms with Crippen LogP contribution in [0.4, 0.5) is 9.80 Å². The fourth-order valence-corrected chi connectivity index (χ4v) is 2.41. The van der Waals surface area contributed by atoms with Crippen molar-refractivity contribution < 1.29 is 19.1 Å². The average Bonchev–Trinajstić information content (AvgIpc) is 2.80. The van der Waals surface area contributed by atoms with Crippen LogP contribution in [0.5, 0.6) is 0 Å². The van der Waals surface area contributed by atoms with Gasteiger partial charge in [-0.05, 0) is 25.3 Å². The molecule has 0 saturated heterocycles. The zero-order valence-electron chi connectivity index (χ0n) is 12.3. The number of hydrogen-bond donors (Lipinski definition) is 1. The Morgan fingerprint density at radius 1 is 1.30 bits per heavy atom. The Kier molecular flexibility index (Phi) is 6.51. The molecule has 0 bridgehead atoms. The maximum absolute atomic E-state index is 11.8. The summed E-state index contributed by atoms with van der Waals surface area (Å²) in [6.07, 6.45) is 0.244. The largest absolute Gasteiger partial charge is 0.462 e. The van der Waals surface area contributed by atoms with Gasteiger partial charge in [-0.1, -0.05) is 20.8 Å². The molecule has 5 nitrogen and oxygen atoms in total. The lowest BCUT2D eigenvalue weighted by molar-refractivity contribution is 0.0528. The van der Waals surface area contributed by atoms with Crippen molar-refractivity contribution in [2.75, 3.05) is 18.5 Å². The molecule has 20 heavy (non-hydrogen) atoms. The SMILES string of the molecule is CCOC(=O)c1cc(CC)sc1NC(=O)OCC(C)C. The van der Waals surface area contributed by atoms with Crippen LogP contribution in [-0.2, 0) is 15.9 Å². The van der Waals surface area contributed by atoms with Crippen LogP contribution in [0.1, 0.15) is 42.9 Å². The van der Waals surface area contributed by atoms with E-state index in [0.29, 0.717) is 23.8 Å². The summed E-state index contributed by atoms with van der Waals surface area (Å²) < 4.78 is 10.0. The third kappa shape index (κ3) is 4.85. The van der Waals surface area contributed by atoms with Crippen LogP contribution in [0, 0.1) is 5.92 Å². The van der Waals surface area contributed by atoms with Gasteiger partial charge in [0.15, 0.2) is 0 Å². The van der Waals surface area contributed by atoms with Crippen LogP contribution < -0.4 is 5.32 Å². The van der Waals surface area contributed by atoms with E-state index >= 15 is 0 Å². The van der Waals surface area contributed by atoms with Crippen LogP contribution >= 0.6 is 11.3 Å². The van der Waals surface area contributed by atoms with E-state index < -0.39 is 12.1 Å². The summed E-state index contributed by atoms with van der Waals surface area (Å²) in [5.74, 6) is -0.164. The maximum Gasteiger partial charge on any atom is 0.412 e. The summed E-state index contributed by atoms with van der Waals surface area (Å²) in [6, 6.07) is 1.75. The van der Waals surface area contributed by atoms with Gasteiger partial charge >= 0.3 is 12.1 Å². The van der Waals surface area contributed by atoms with Gasteiger partial charge in [0.2, 0.25) is 0 Å². The molecule has 6 heteroatoms. The summed E-state index contributed by atoms with van der Waals surface area (Å²) in [4.78, 5) is 24.5. The van der Waals surface area contributed by atoms with Crippen LogP contribution in [-0.4, -0.2) is 25.3 Å². The molecule has 0 aliphatic carbocycles. The fourth-order valence-electron chi connectivity index (χ4n) is 1.44. The molecule has 0 atom stereocenters. The molecule has 1 N–H and O–H groups in total. The minimum Gasteiger partial charge on any atom is -0.462 e. The Morgan fingerprint density at radius 3 is 2.55 bits per heavy atom. The van der Waals surface area contributed by atoms with Crippen LogP contribution in [0.2, 0.25) is 0 Å².